The molecule has 5 rings (SSSR count). The number of anilines is 2. The summed E-state index contributed by atoms with van der Waals surface area (Å²) in [5.41, 5.74) is 3.85. The van der Waals surface area contributed by atoms with Gasteiger partial charge < -0.3 is 19.5 Å². The van der Waals surface area contributed by atoms with E-state index in [9.17, 15) is 8.42 Å². The average Bonchev–Trinajstić information content (AvgIpc) is 3.48. The molecule has 1 fully saturated rings. The van der Waals surface area contributed by atoms with Crippen molar-refractivity contribution < 1.29 is 13.2 Å². The molecule has 1 aliphatic heterocycles. The Kier molecular flexibility index (Phi) is 6.93. The van der Waals surface area contributed by atoms with Gasteiger partial charge >= 0.3 is 0 Å². The second-order valence-electron chi connectivity index (χ2n) is 8.53. The molecule has 11 heteroatoms. The number of rotatable bonds is 7. The zero-order valence-electron chi connectivity index (χ0n) is 20.0. The molecule has 0 amide bonds. The van der Waals surface area contributed by atoms with Crippen LogP contribution in [-0.2, 0) is 10.0 Å². The van der Waals surface area contributed by atoms with E-state index in [1.165, 1.54) is 7.11 Å². The van der Waals surface area contributed by atoms with Crippen LogP contribution in [0.2, 0.25) is 0 Å². The molecule has 2 atom stereocenters. The number of benzene rings is 2. The highest BCUT2D eigenvalue weighted by Crippen LogP contribution is 2.44. The summed E-state index contributed by atoms with van der Waals surface area (Å²) < 4.78 is 35.2. The van der Waals surface area contributed by atoms with Crippen molar-refractivity contribution >= 4 is 54.7 Å². The molecule has 2 aromatic heterocycles. The molecule has 8 nitrogen and oxygen atoms in total. The number of halogens is 1. The maximum absolute atomic E-state index is 12.0. The minimum atomic E-state index is -3.54. The zero-order chi connectivity index (χ0) is 26.2. The van der Waals surface area contributed by atoms with Gasteiger partial charge in [-0.15, -0.1) is 0 Å². The monoisotopic (exact) mass is 597 g/mol. The minimum Gasteiger partial charge on any atom is -0.495 e. The van der Waals surface area contributed by atoms with E-state index >= 15 is 0 Å². The van der Waals surface area contributed by atoms with E-state index in [4.69, 9.17) is 17.0 Å². The van der Waals surface area contributed by atoms with Crippen LogP contribution in [0.4, 0.5) is 11.4 Å². The first-order valence-electron chi connectivity index (χ1n) is 11.3. The summed E-state index contributed by atoms with van der Waals surface area (Å²) in [5, 5.41) is 3.95. The van der Waals surface area contributed by atoms with Gasteiger partial charge in [0, 0.05) is 33.9 Å². The Bertz CT molecular complexity index is 1540. The molecular formula is C26H24BrN5O3S2. The van der Waals surface area contributed by atoms with Crippen molar-refractivity contribution in [1.29, 1.82) is 0 Å². The predicted octanol–water partition coefficient (Wildman–Crippen LogP) is 5.19. The average molecular weight is 599 g/mol. The van der Waals surface area contributed by atoms with E-state index in [0.29, 0.717) is 22.2 Å². The van der Waals surface area contributed by atoms with Crippen LogP contribution in [0, 0.1) is 0 Å². The Morgan fingerprint density at radius 2 is 1.81 bits per heavy atom. The quantitative estimate of drug-likeness (QED) is 0.283. The molecule has 37 heavy (non-hydrogen) atoms. The maximum Gasteiger partial charge on any atom is 0.229 e. The number of pyridine rings is 1. The SMILES string of the molecule is COc1ccc(N2C(=S)N[C@@H](c3ccccn3)[C@H]2c2cccn2-c2ccc(Br)cc2)cc1NS(C)(=O)=O. The molecule has 2 N–H and O–H groups in total. The number of sulfonamides is 1. The summed E-state index contributed by atoms with van der Waals surface area (Å²) >= 11 is 9.35. The van der Waals surface area contributed by atoms with Crippen LogP contribution >= 0.6 is 28.1 Å². The van der Waals surface area contributed by atoms with Gasteiger partial charge in [-0.3, -0.25) is 9.71 Å². The summed E-state index contributed by atoms with van der Waals surface area (Å²) in [5.74, 6) is 0.406. The Morgan fingerprint density at radius 1 is 1.05 bits per heavy atom. The minimum absolute atomic E-state index is 0.258. The van der Waals surface area contributed by atoms with Crippen LogP contribution in [0.25, 0.3) is 5.69 Å². The summed E-state index contributed by atoms with van der Waals surface area (Å²) in [6.45, 7) is 0. The Labute approximate surface area is 229 Å². The Balaban J connectivity index is 1.66. The third kappa shape index (κ3) is 5.20. The second-order valence-corrected chi connectivity index (χ2v) is 11.6. The van der Waals surface area contributed by atoms with E-state index in [2.05, 4.69) is 41.6 Å². The third-order valence-corrected chi connectivity index (χ3v) is 7.48. The first kappa shape index (κ1) is 25.2. The number of thiocarbonyl (C=S) groups is 1. The number of methoxy groups -OCH3 is 1. The summed E-state index contributed by atoms with van der Waals surface area (Å²) in [6, 6.07) is 22.7. The number of hydrogen-bond acceptors (Lipinski definition) is 5. The van der Waals surface area contributed by atoms with Gasteiger partial charge in [-0.25, -0.2) is 8.42 Å². The first-order chi connectivity index (χ1) is 17.7. The van der Waals surface area contributed by atoms with Crippen LogP contribution in [0.1, 0.15) is 23.5 Å². The van der Waals surface area contributed by atoms with Crippen molar-refractivity contribution in [2.24, 2.45) is 0 Å². The Hall–Kier alpha value is -3.41. The molecule has 1 aliphatic rings. The van der Waals surface area contributed by atoms with Gasteiger partial charge in [-0.1, -0.05) is 22.0 Å². The lowest BCUT2D eigenvalue weighted by Crippen LogP contribution is -2.30. The van der Waals surface area contributed by atoms with Crippen molar-refractivity contribution in [2.45, 2.75) is 12.1 Å². The van der Waals surface area contributed by atoms with Gasteiger partial charge in [0.05, 0.1) is 30.8 Å². The van der Waals surface area contributed by atoms with E-state index in [1.807, 2.05) is 65.7 Å². The summed E-state index contributed by atoms with van der Waals surface area (Å²) in [7, 11) is -2.04. The van der Waals surface area contributed by atoms with Crippen LogP contribution < -0.4 is 19.7 Å². The molecule has 0 radical (unpaired) electrons. The number of nitrogens with zero attached hydrogens (tertiary/aromatic N) is 3. The van der Waals surface area contributed by atoms with E-state index in [-0.39, 0.29) is 12.1 Å². The molecule has 0 unspecified atom stereocenters. The third-order valence-electron chi connectivity index (χ3n) is 6.04. The highest BCUT2D eigenvalue weighted by atomic mass is 79.9. The molecule has 0 aliphatic carbocycles. The molecule has 1 saturated heterocycles. The molecule has 190 valence electrons. The highest BCUT2D eigenvalue weighted by Gasteiger charge is 2.42. The second kappa shape index (κ2) is 10.2. The fourth-order valence-electron chi connectivity index (χ4n) is 4.53. The topological polar surface area (TPSA) is 88.5 Å². The largest absolute Gasteiger partial charge is 0.495 e. The van der Waals surface area contributed by atoms with Gasteiger partial charge in [-0.2, -0.15) is 0 Å². The Morgan fingerprint density at radius 3 is 2.49 bits per heavy atom. The standard InChI is InChI=1S/C26H24BrN5O3S2/c1-35-23-13-12-19(16-21(23)30-37(2,33)34)32-25(24(29-26(32)36)20-6-3-4-14-28-20)22-7-5-15-31(22)18-10-8-17(27)9-11-18/h3-16,24-25,30H,1-2H3,(H,29,36)/t24-,25+/m0/s1. The van der Waals surface area contributed by atoms with E-state index in [0.717, 1.165) is 27.8 Å². The lowest BCUT2D eigenvalue weighted by molar-refractivity contribution is 0.417. The van der Waals surface area contributed by atoms with Gasteiger partial charge in [0.15, 0.2) is 5.11 Å². The summed E-state index contributed by atoms with van der Waals surface area (Å²) in [6.07, 6.45) is 4.87. The van der Waals surface area contributed by atoms with E-state index < -0.39 is 10.0 Å². The van der Waals surface area contributed by atoms with Crippen LogP contribution in [-0.4, -0.2) is 36.4 Å². The number of hydrogen-bond donors (Lipinski definition) is 2. The fourth-order valence-corrected chi connectivity index (χ4v) is 5.70. The lowest BCUT2D eigenvalue weighted by Gasteiger charge is -2.29. The zero-order valence-corrected chi connectivity index (χ0v) is 23.2. The van der Waals surface area contributed by atoms with Crippen LogP contribution in [0.15, 0.2) is 89.7 Å². The van der Waals surface area contributed by atoms with Crippen LogP contribution in [0.3, 0.4) is 0 Å². The molecule has 2 aromatic carbocycles. The molecule has 3 heterocycles. The predicted molar refractivity (Wildman–Crippen MR) is 153 cm³/mol. The van der Waals surface area contributed by atoms with Crippen molar-refractivity contribution in [1.82, 2.24) is 14.9 Å². The highest BCUT2D eigenvalue weighted by molar-refractivity contribution is 9.10. The van der Waals surface area contributed by atoms with Crippen molar-refractivity contribution in [3.8, 4) is 11.4 Å². The normalized spacial score (nSPS) is 17.5. The number of aromatic nitrogens is 2. The molecule has 0 bridgehead atoms. The number of nitrogens with one attached hydrogen (secondary N) is 2. The van der Waals surface area contributed by atoms with Gasteiger partial charge in [0.2, 0.25) is 10.0 Å². The van der Waals surface area contributed by atoms with Gasteiger partial charge in [0.25, 0.3) is 0 Å². The summed E-state index contributed by atoms with van der Waals surface area (Å²) in [4.78, 5) is 6.61. The molecule has 4 aromatic rings. The maximum atomic E-state index is 12.0. The van der Waals surface area contributed by atoms with Crippen molar-refractivity contribution in [2.75, 3.05) is 23.0 Å². The molecule has 0 saturated carbocycles. The fraction of sp³-hybridized carbons (Fsp3) is 0.154. The first-order valence-corrected chi connectivity index (χ1v) is 14.4. The van der Waals surface area contributed by atoms with Crippen LogP contribution in [0.5, 0.6) is 5.75 Å². The van der Waals surface area contributed by atoms with Crippen molar-refractivity contribution in [3.05, 3.63) is 101 Å². The van der Waals surface area contributed by atoms with Gasteiger partial charge in [-0.05, 0) is 78.9 Å². The lowest BCUT2D eigenvalue weighted by atomic mass is 10.0. The molecular weight excluding hydrogens is 574 g/mol. The molecule has 0 spiro atoms. The van der Waals surface area contributed by atoms with Crippen molar-refractivity contribution in [3.63, 3.8) is 0 Å². The smallest absolute Gasteiger partial charge is 0.229 e. The van der Waals surface area contributed by atoms with Gasteiger partial charge in [0.1, 0.15) is 11.8 Å². The number of ether oxygens (including phenoxy) is 1. The van der Waals surface area contributed by atoms with E-state index in [1.54, 1.807) is 18.3 Å².